The molecule has 1 atom stereocenters. The summed E-state index contributed by atoms with van der Waals surface area (Å²) in [6.07, 6.45) is 0. The van der Waals surface area contributed by atoms with E-state index in [0.29, 0.717) is 0 Å². The van der Waals surface area contributed by atoms with Crippen LogP contribution in [0.1, 0.15) is 35.3 Å². The highest BCUT2D eigenvalue weighted by molar-refractivity contribution is 7.85. The zero-order valence-corrected chi connectivity index (χ0v) is 12.1. The van der Waals surface area contributed by atoms with E-state index < -0.39 is 33.0 Å². The van der Waals surface area contributed by atoms with Crippen molar-refractivity contribution in [2.75, 3.05) is 0 Å². The molecule has 1 rings (SSSR count). The lowest BCUT2D eigenvalue weighted by molar-refractivity contribution is 0.0693. The lowest BCUT2D eigenvalue weighted by Gasteiger charge is -2.18. The quantitative estimate of drug-likeness (QED) is 0.866. The molecule has 0 spiro atoms. The van der Waals surface area contributed by atoms with Crippen LogP contribution in [0.15, 0.2) is 17.0 Å². The van der Waals surface area contributed by atoms with Gasteiger partial charge in [0.25, 0.3) is 0 Å². The molecule has 0 amide bonds. The van der Waals surface area contributed by atoms with Crippen molar-refractivity contribution in [1.29, 1.82) is 0 Å². The second-order valence-electron chi connectivity index (χ2n) is 4.26. The van der Waals surface area contributed by atoms with E-state index in [1.54, 1.807) is 13.8 Å². The van der Waals surface area contributed by atoms with Crippen molar-refractivity contribution in [2.24, 2.45) is 0 Å². The largest absolute Gasteiger partial charge is 0.478 e. The van der Waals surface area contributed by atoms with Crippen LogP contribution in [0.25, 0.3) is 0 Å². The third-order valence-electron chi connectivity index (χ3n) is 2.57. The Balaban J connectivity index is 3.65. The molecule has 7 heteroatoms. The molecule has 19 heavy (non-hydrogen) atoms. The van der Waals surface area contributed by atoms with E-state index in [4.69, 9.17) is 16.7 Å². The Hall–Kier alpha value is -1.01. The minimum Gasteiger partial charge on any atom is -0.478 e. The van der Waals surface area contributed by atoms with Crippen LogP contribution < -0.4 is 0 Å². The van der Waals surface area contributed by atoms with Gasteiger partial charge in [-0.3, -0.25) is 4.21 Å². The average molecular weight is 311 g/mol. The summed E-state index contributed by atoms with van der Waals surface area (Å²) in [6, 6.07) is 1.96. The van der Waals surface area contributed by atoms with E-state index in [2.05, 4.69) is 0 Å². The normalized spacial score (nSPS) is 13.6. The number of benzene rings is 1. The number of carbonyl (C=O) groups is 1. The van der Waals surface area contributed by atoms with Gasteiger partial charge in [0, 0.05) is 5.25 Å². The summed E-state index contributed by atoms with van der Waals surface area (Å²) >= 11 is 5.00. The molecule has 0 aliphatic carbocycles. The van der Waals surface area contributed by atoms with Crippen molar-refractivity contribution in [3.05, 3.63) is 28.8 Å². The Morgan fingerprint density at radius 1 is 1.42 bits per heavy atom. The van der Waals surface area contributed by atoms with Gasteiger partial charge in [0.05, 0.1) is 26.8 Å². The topological polar surface area (TPSA) is 54.4 Å². The Bertz CT molecular complexity index is 539. The molecule has 0 radical (unpaired) electrons. The number of hydrogen-bond donors (Lipinski definition) is 1. The fourth-order valence-corrected chi connectivity index (χ4v) is 3.15. The van der Waals surface area contributed by atoms with Crippen LogP contribution in [0.5, 0.6) is 0 Å². The molecule has 0 unspecified atom stereocenters. The van der Waals surface area contributed by atoms with Crippen molar-refractivity contribution in [3.63, 3.8) is 0 Å². The van der Waals surface area contributed by atoms with Gasteiger partial charge >= 0.3 is 11.4 Å². The SMILES string of the molecule is Cc1c(C(=O)O)ccc(C(F)(F)Cl)c1[S@@](=O)C(C)C. The van der Waals surface area contributed by atoms with Gasteiger partial charge in [-0.1, -0.05) is 13.8 Å². The second kappa shape index (κ2) is 5.54. The highest BCUT2D eigenvalue weighted by Crippen LogP contribution is 2.38. The monoisotopic (exact) mass is 310 g/mol. The van der Waals surface area contributed by atoms with Crippen molar-refractivity contribution in [1.82, 2.24) is 0 Å². The number of aromatic carboxylic acids is 1. The van der Waals surface area contributed by atoms with Crippen LogP contribution >= 0.6 is 11.6 Å². The number of alkyl halides is 3. The molecule has 0 aromatic heterocycles. The maximum Gasteiger partial charge on any atom is 0.349 e. The first kappa shape index (κ1) is 16.0. The van der Waals surface area contributed by atoms with Crippen molar-refractivity contribution in [3.8, 4) is 0 Å². The Labute approximate surface area is 117 Å². The van der Waals surface area contributed by atoms with Crippen LogP contribution in [0.4, 0.5) is 8.78 Å². The first-order valence-corrected chi connectivity index (χ1v) is 7.01. The first-order chi connectivity index (χ1) is 8.57. The maximum absolute atomic E-state index is 13.3. The molecule has 0 aliphatic heterocycles. The van der Waals surface area contributed by atoms with E-state index in [1.165, 1.54) is 6.92 Å². The van der Waals surface area contributed by atoms with Gasteiger partial charge in [0.1, 0.15) is 0 Å². The van der Waals surface area contributed by atoms with E-state index in [0.717, 1.165) is 12.1 Å². The summed E-state index contributed by atoms with van der Waals surface area (Å²) in [4.78, 5) is 10.8. The van der Waals surface area contributed by atoms with E-state index in [-0.39, 0.29) is 16.0 Å². The molecule has 1 N–H and O–H groups in total. The van der Waals surface area contributed by atoms with Crippen molar-refractivity contribution < 1.29 is 22.9 Å². The lowest BCUT2D eigenvalue weighted by Crippen LogP contribution is -2.17. The Morgan fingerprint density at radius 3 is 2.32 bits per heavy atom. The molecular weight excluding hydrogens is 298 g/mol. The molecule has 0 bridgehead atoms. The second-order valence-corrected chi connectivity index (χ2v) is 6.68. The van der Waals surface area contributed by atoms with Crippen LogP contribution in [0, 0.1) is 6.92 Å². The molecule has 0 saturated carbocycles. The smallest absolute Gasteiger partial charge is 0.349 e. The molecular formula is C12H13ClF2O3S. The number of rotatable bonds is 4. The molecule has 0 aliphatic rings. The number of carboxylic acids is 1. The summed E-state index contributed by atoms with van der Waals surface area (Å²) in [5.41, 5.74) is -0.713. The Kier molecular flexibility index (Phi) is 4.68. The van der Waals surface area contributed by atoms with Crippen LogP contribution in [-0.4, -0.2) is 20.5 Å². The van der Waals surface area contributed by atoms with Gasteiger partial charge in [0.15, 0.2) is 0 Å². The van der Waals surface area contributed by atoms with Gasteiger partial charge in [-0.05, 0) is 36.2 Å². The van der Waals surface area contributed by atoms with Crippen LogP contribution in [-0.2, 0) is 16.2 Å². The minimum atomic E-state index is -3.69. The highest BCUT2D eigenvalue weighted by atomic mass is 35.5. The molecule has 3 nitrogen and oxygen atoms in total. The number of hydrogen-bond acceptors (Lipinski definition) is 2. The van der Waals surface area contributed by atoms with Gasteiger partial charge in [-0.25, -0.2) is 4.79 Å². The highest BCUT2D eigenvalue weighted by Gasteiger charge is 2.35. The predicted octanol–water partition coefficient (Wildman–Crippen LogP) is 3.50. The van der Waals surface area contributed by atoms with Gasteiger partial charge in [-0.15, -0.1) is 0 Å². The van der Waals surface area contributed by atoms with Crippen LogP contribution in [0.2, 0.25) is 0 Å². The summed E-state index contributed by atoms with van der Waals surface area (Å²) in [5.74, 6) is -1.26. The zero-order chi connectivity index (χ0) is 15.0. The fourth-order valence-electron chi connectivity index (χ4n) is 1.64. The maximum atomic E-state index is 13.3. The standard InChI is InChI=1S/C12H13ClF2O3S/c1-6(2)19(18)10-7(3)8(11(16)17)4-5-9(10)12(13,14)15/h4-6H,1-3H3,(H,16,17)/t19-/m0/s1. The minimum absolute atomic E-state index is 0.0531. The summed E-state index contributed by atoms with van der Waals surface area (Å²) in [5, 5.41) is 4.86. The number of carboxylic acid groups (broad SMARTS) is 1. The van der Waals surface area contributed by atoms with Gasteiger partial charge < -0.3 is 5.11 Å². The predicted molar refractivity (Wildman–Crippen MR) is 69.4 cm³/mol. The van der Waals surface area contributed by atoms with Crippen LogP contribution in [0.3, 0.4) is 0 Å². The first-order valence-electron chi connectivity index (χ1n) is 5.42. The van der Waals surface area contributed by atoms with Crippen molar-refractivity contribution >= 4 is 28.4 Å². The summed E-state index contributed by atoms with van der Waals surface area (Å²) in [6.45, 7) is 4.55. The zero-order valence-electron chi connectivity index (χ0n) is 10.5. The molecule has 106 valence electrons. The average Bonchev–Trinajstić information content (AvgIpc) is 2.25. The van der Waals surface area contributed by atoms with Gasteiger partial charge in [0.2, 0.25) is 0 Å². The third kappa shape index (κ3) is 3.30. The Morgan fingerprint density at radius 2 is 1.95 bits per heavy atom. The number of halogens is 3. The molecule has 1 aromatic rings. The molecule has 0 saturated heterocycles. The fraction of sp³-hybridized carbons (Fsp3) is 0.417. The lowest BCUT2D eigenvalue weighted by atomic mass is 10.0. The molecule has 1 aromatic carbocycles. The van der Waals surface area contributed by atoms with Crippen molar-refractivity contribution in [2.45, 2.75) is 36.3 Å². The molecule has 0 heterocycles. The van der Waals surface area contributed by atoms with Gasteiger partial charge in [-0.2, -0.15) is 8.78 Å². The van der Waals surface area contributed by atoms with E-state index in [9.17, 15) is 17.8 Å². The summed E-state index contributed by atoms with van der Waals surface area (Å²) in [7, 11) is -1.76. The van der Waals surface area contributed by atoms with E-state index >= 15 is 0 Å². The summed E-state index contributed by atoms with van der Waals surface area (Å²) < 4.78 is 38.8. The van der Waals surface area contributed by atoms with E-state index in [1.807, 2.05) is 0 Å². The molecule has 0 fully saturated rings. The third-order valence-corrected chi connectivity index (χ3v) is 4.56.